The van der Waals surface area contributed by atoms with Gasteiger partial charge in [-0.2, -0.15) is 0 Å². The summed E-state index contributed by atoms with van der Waals surface area (Å²) in [6.07, 6.45) is 5.10. The van der Waals surface area contributed by atoms with E-state index in [2.05, 4.69) is 20.8 Å². The molecule has 16 heavy (non-hydrogen) atoms. The molecule has 0 spiro atoms. The molecule has 0 bridgehead atoms. The lowest BCUT2D eigenvalue weighted by Gasteiger charge is -1.85. The number of hydrogen-bond acceptors (Lipinski definition) is 4. The van der Waals surface area contributed by atoms with E-state index in [-0.39, 0.29) is 0 Å². The first-order chi connectivity index (χ1) is 7.35. The van der Waals surface area contributed by atoms with Gasteiger partial charge in [0.2, 0.25) is 0 Å². The molecule has 0 nitrogen and oxygen atoms in total. The summed E-state index contributed by atoms with van der Waals surface area (Å²) in [7, 11) is 0. The summed E-state index contributed by atoms with van der Waals surface area (Å²) < 4.78 is 1.09. The highest BCUT2D eigenvalue weighted by molar-refractivity contribution is 8.22. The Balaban J connectivity index is -0.000000160. The summed E-state index contributed by atoms with van der Waals surface area (Å²) in [5.74, 6) is 0. The molecule has 0 aromatic carbocycles. The van der Waals surface area contributed by atoms with E-state index in [4.69, 9.17) is 36.7 Å². The van der Waals surface area contributed by atoms with Gasteiger partial charge in [-0.05, 0) is 49.1 Å². The molecule has 4 heteroatoms. The van der Waals surface area contributed by atoms with Gasteiger partial charge in [-0.1, -0.05) is 57.4 Å². The van der Waals surface area contributed by atoms with E-state index in [1.807, 2.05) is 20.1 Å². The monoisotopic (exact) mass is 296 g/mol. The molecule has 0 fully saturated rings. The predicted molar refractivity (Wildman–Crippen MR) is 93.5 cm³/mol. The summed E-state index contributed by atoms with van der Waals surface area (Å²) in [6, 6.07) is 0. The lowest BCUT2D eigenvalue weighted by atomic mass is 10.4. The minimum absolute atomic E-state index is 1.02. The van der Waals surface area contributed by atoms with Gasteiger partial charge in [0.05, 0.1) is 0 Å². The molecule has 0 radical (unpaired) electrons. The molecule has 0 atom stereocenters. The van der Waals surface area contributed by atoms with E-state index in [9.17, 15) is 0 Å². The van der Waals surface area contributed by atoms with Crippen molar-refractivity contribution in [3.63, 3.8) is 0 Å². The molecule has 0 aliphatic rings. The molecule has 0 heterocycles. The van der Waals surface area contributed by atoms with E-state index in [1.54, 1.807) is 11.8 Å². The largest absolute Gasteiger partial charge is 0.122 e. The number of thiocarbonyl (C=S) groups is 3. The lowest BCUT2D eigenvalue weighted by molar-refractivity contribution is 1.31. The van der Waals surface area contributed by atoms with Crippen molar-refractivity contribution in [1.82, 2.24) is 0 Å². The van der Waals surface area contributed by atoms with Crippen LogP contribution in [-0.2, 0) is 0 Å². The van der Waals surface area contributed by atoms with Gasteiger partial charge < -0.3 is 0 Å². The van der Waals surface area contributed by atoms with Gasteiger partial charge in [0.15, 0.2) is 0 Å². The fourth-order valence-corrected chi connectivity index (χ4v) is 0.433. The van der Waals surface area contributed by atoms with Crippen molar-refractivity contribution in [3.8, 4) is 0 Å². The number of hydrogen-bond donors (Lipinski definition) is 0. The van der Waals surface area contributed by atoms with E-state index in [0.717, 1.165) is 33.2 Å². The van der Waals surface area contributed by atoms with Crippen LogP contribution in [0.5, 0.6) is 0 Å². The molecule has 0 aromatic heterocycles. The normalized spacial score (nSPS) is 7.88. The molecule has 0 aromatic rings. The first kappa shape index (κ1) is 21.9. The maximum Gasteiger partial charge on any atom is 0.0473 e. The second kappa shape index (κ2) is 18.0. The molecular weight excluding hydrogens is 272 g/mol. The van der Waals surface area contributed by atoms with Crippen LogP contribution >= 0.6 is 48.4 Å². The predicted octanol–water partition coefficient (Wildman–Crippen LogP) is 5.66. The van der Waals surface area contributed by atoms with Crippen molar-refractivity contribution in [2.24, 2.45) is 0 Å². The molecule has 0 unspecified atom stereocenters. The van der Waals surface area contributed by atoms with Gasteiger partial charge >= 0.3 is 0 Å². The zero-order valence-corrected chi connectivity index (χ0v) is 14.5. The smallest absolute Gasteiger partial charge is 0.0473 e. The Kier molecular flexibility index (Phi) is 24.6. The summed E-state index contributed by atoms with van der Waals surface area (Å²) in [5.41, 5.74) is 0. The Morgan fingerprint density at radius 2 is 1.06 bits per heavy atom. The van der Waals surface area contributed by atoms with Crippen LogP contribution in [0.3, 0.4) is 0 Å². The highest BCUT2D eigenvalue weighted by Gasteiger charge is 1.81. The maximum atomic E-state index is 4.82. The number of rotatable bonds is 3. The summed E-state index contributed by atoms with van der Waals surface area (Å²) in [5, 5.41) is 0. The van der Waals surface area contributed by atoms with Gasteiger partial charge in [-0.3, -0.25) is 0 Å². The van der Waals surface area contributed by atoms with Crippen LogP contribution in [0.25, 0.3) is 0 Å². The molecule has 0 N–H and O–H groups in total. The van der Waals surface area contributed by atoms with Gasteiger partial charge in [0.25, 0.3) is 0 Å². The third-order valence-corrected chi connectivity index (χ3v) is 3.62. The number of thioether (sulfide) groups is 1. The average molecular weight is 297 g/mol. The van der Waals surface area contributed by atoms with Crippen LogP contribution in [-0.4, -0.2) is 20.2 Å². The molecule has 0 amide bonds. The van der Waals surface area contributed by atoms with Crippen LogP contribution in [0.15, 0.2) is 0 Å². The lowest BCUT2D eigenvalue weighted by Crippen LogP contribution is -1.77. The van der Waals surface area contributed by atoms with Crippen molar-refractivity contribution in [1.29, 1.82) is 0 Å². The third-order valence-electron chi connectivity index (χ3n) is 1.51. The SMILES string of the molecule is CCC(=S)SC.CCC(C)=S.CCC(C)=S. The molecule has 0 rings (SSSR count). The molecule has 0 aliphatic carbocycles. The summed E-state index contributed by atoms with van der Waals surface area (Å²) in [6.45, 7) is 10.1. The Bertz CT molecular complexity index is 177. The van der Waals surface area contributed by atoms with Crippen molar-refractivity contribution in [2.75, 3.05) is 6.26 Å². The van der Waals surface area contributed by atoms with Crippen LogP contribution in [0.2, 0.25) is 0 Å². The first-order valence-corrected chi connectivity index (χ1v) is 7.86. The molecular formula is C12H24S4. The maximum absolute atomic E-state index is 4.82. The minimum atomic E-state index is 1.02. The zero-order valence-electron chi connectivity index (χ0n) is 11.3. The van der Waals surface area contributed by atoms with Crippen molar-refractivity contribution >= 4 is 62.3 Å². The Morgan fingerprint density at radius 1 is 0.812 bits per heavy atom. The van der Waals surface area contributed by atoms with Gasteiger partial charge in [-0.25, -0.2) is 0 Å². The minimum Gasteiger partial charge on any atom is -0.122 e. The molecule has 0 saturated carbocycles. The summed E-state index contributed by atoms with van der Waals surface area (Å²) in [4.78, 5) is 2.18. The van der Waals surface area contributed by atoms with Crippen molar-refractivity contribution < 1.29 is 0 Å². The zero-order chi connectivity index (χ0) is 13.6. The molecule has 96 valence electrons. The standard InChI is InChI=1S/C4H8S2.2C4H8S/c1-3-4(5)6-2;2*1-3-4(2)5/h3H2,1-2H3;2*3H2,1-2H3. The van der Waals surface area contributed by atoms with Crippen LogP contribution in [0.1, 0.15) is 53.9 Å². The van der Waals surface area contributed by atoms with Gasteiger partial charge in [0.1, 0.15) is 0 Å². The van der Waals surface area contributed by atoms with E-state index in [1.165, 1.54) is 0 Å². The Morgan fingerprint density at radius 3 is 1.06 bits per heavy atom. The molecule has 0 saturated heterocycles. The van der Waals surface area contributed by atoms with E-state index >= 15 is 0 Å². The summed E-state index contributed by atoms with van der Waals surface area (Å²) >= 11 is 15.9. The first-order valence-electron chi connectivity index (χ1n) is 5.41. The average Bonchev–Trinajstić information content (AvgIpc) is 2.29. The molecule has 0 aliphatic heterocycles. The second-order valence-electron chi connectivity index (χ2n) is 3.04. The van der Waals surface area contributed by atoms with Gasteiger partial charge in [0, 0.05) is 4.20 Å². The van der Waals surface area contributed by atoms with E-state index in [0.29, 0.717) is 0 Å². The fourth-order valence-electron chi connectivity index (χ4n) is 0.144. The van der Waals surface area contributed by atoms with Crippen LogP contribution in [0, 0.1) is 0 Å². The highest BCUT2D eigenvalue weighted by atomic mass is 32.2. The van der Waals surface area contributed by atoms with Crippen LogP contribution in [0.4, 0.5) is 0 Å². The van der Waals surface area contributed by atoms with Crippen molar-refractivity contribution in [2.45, 2.75) is 53.9 Å². The van der Waals surface area contributed by atoms with Crippen molar-refractivity contribution in [3.05, 3.63) is 0 Å². The highest BCUT2D eigenvalue weighted by Crippen LogP contribution is 1.99. The third kappa shape index (κ3) is 36.5. The second-order valence-corrected chi connectivity index (χ2v) is 6.09. The quantitative estimate of drug-likeness (QED) is 0.616. The Labute approximate surface area is 122 Å². The fraction of sp³-hybridized carbons (Fsp3) is 0.750. The topological polar surface area (TPSA) is 0 Å². The van der Waals surface area contributed by atoms with E-state index < -0.39 is 0 Å². The van der Waals surface area contributed by atoms with Crippen LogP contribution < -0.4 is 0 Å². The van der Waals surface area contributed by atoms with Gasteiger partial charge in [-0.15, -0.1) is 11.8 Å². The Hall–Kier alpha value is 0.620.